The van der Waals surface area contributed by atoms with Crippen LogP contribution in [0.1, 0.15) is 51.5 Å². The van der Waals surface area contributed by atoms with Crippen LogP contribution >= 0.6 is 0 Å². The van der Waals surface area contributed by atoms with Gasteiger partial charge in [0.15, 0.2) is 0 Å². The quantitative estimate of drug-likeness (QED) is 0.409. The number of amides is 2. The lowest BCUT2D eigenvalue weighted by molar-refractivity contribution is -0.160. The predicted molar refractivity (Wildman–Crippen MR) is 120 cm³/mol. The first-order chi connectivity index (χ1) is 15.9. The summed E-state index contributed by atoms with van der Waals surface area (Å²) >= 11 is 0. The van der Waals surface area contributed by atoms with Crippen LogP contribution < -0.4 is 5.32 Å². The number of hydrogen-bond donors (Lipinski definition) is 2. The van der Waals surface area contributed by atoms with E-state index in [4.69, 9.17) is 9.47 Å². The number of rotatable bonds is 10. The molecular formula is C25H34N2O6. The van der Waals surface area contributed by atoms with E-state index in [2.05, 4.69) is 5.32 Å². The highest BCUT2D eigenvalue weighted by molar-refractivity contribution is 5.98. The molecule has 0 aromatic heterocycles. The normalized spacial score (nSPS) is 32.2. The van der Waals surface area contributed by atoms with Gasteiger partial charge in [0.25, 0.3) is 0 Å². The fraction of sp³-hybridized carbons (Fsp3) is 0.640. The lowest BCUT2D eigenvalue weighted by atomic mass is 9.65. The second-order valence-corrected chi connectivity index (χ2v) is 9.25. The number of fused-ring (bicyclic) bond motifs is 1. The average Bonchev–Trinajstić information content (AvgIpc) is 3.42. The molecule has 8 nitrogen and oxygen atoms in total. The van der Waals surface area contributed by atoms with E-state index in [1.54, 1.807) is 11.8 Å². The highest BCUT2D eigenvalue weighted by atomic mass is 16.6. The molecule has 2 unspecified atom stereocenters. The van der Waals surface area contributed by atoms with Gasteiger partial charge in [0, 0.05) is 19.7 Å². The second-order valence-electron chi connectivity index (χ2n) is 9.25. The molecule has 33 heavy (non-hydrogen) atoms. The van der Waals surface area contributed by atoms with Crippen LogP contribution in [0, 0.1) is 11.8 Å². The van der Waals surface area contributed by atoms with Gasteiger partial charge in [0.05, 0.1) is 18.1 Å². The Morgan fingerprint density at radius 2 is 1.97 bits per heavy atom. The van der Waals surface area contributed by atoms with Crippen LogP contribution in [0.3, 0.4) is 0 Å². The molecule has 0 saturated carbocycles. The maximum atomic E-state index is 13.7. The molecule has 3 aliphatic rings. The highest BCUT2D eigenvalue weighted by Crippen LogP contribution is 2.64. The zero-order chi connectivity index (χ0) is 23.6. The molecule has 1 spiro atoms. The van der Waals surface area contributed by atoms with Crippen molar-refractivity contribution in [3.05, 3.63) is 35.9 Å². The van der Waals surface area contributed by atoms with Crippen LogP contribution in [0.15, 0.2) is 30.3 Å². The summed E-state index contributed by atoms with van der Waals surface area (Å²) in [4.78, 5) is 41.9. The number of carbonyl (C=O) groups excluding carboxylic acids is 3. The number of nitrogens with zero attached hydrogens (tertiary/aromatic N) is 1. The lowest BCUT2D eigenvalue weighted by Gasteiger charge is -2.33. The molecule has 0 radical (unpaired) electrons. The van der Waals surface area contributed by atoms with Crippen molar-refractivity contribution in [2.45, 2.75) is 69.7 Å². The fourth-order valence-electron chi connectivity index (χ4n) is 6.13. The van der Waals surface area contributed by atoms with Crippen molar-refractivity contribution < 1.29 is 29.0 Å². The second kappa shape index (κ2) is 9.43. The molecule has 4 rings (SSSR count). The number of unbranched alkanes of at least 4 members (excludes halogenated alkanes) is 1. The summed E-state index contributed by atoms with van der Waals surface area (Å²) in [6.07, 6.45) is 2.83. The lowest BCUT2D eigenvalue weighted by Crippen LogP contribution is -2.55. The minimum absolute atomic E-state index is 0.0162. The van der Waals surface area contributed by atoms with Crippen molar-refractivity contribution >= 4 is 17.8 Å². The first-order valence-corrected chi connectivity index (χ1v) is 12.0. The van der Waals surface area contributed by atoms with E-state index in [0.29, 0.717) is 45.2 Å². The van der Waals surface area contributed by atoms with Gasteiger partial charge in [-0.25, -0.2) is 0 Å². The number of aliphatic hydroxyl groups excluding tert-OH is 1. The van der Waals surface area contributed by atoms with Crippen LogP contribution in [0.25, 0.3) is 0 Å². The van der Waals surface area contributed by atoms with Crippen LogP contribution in [0.2, 0.25) is 0 Å². The van der Waals surface area contributed by atoms with Gasteiger partial charge < -0.3 is 24.8 Å². The maximum Gasteiger partial charge on any atom is 0.312 e. The van der Waals surface area contributed by atoms with Crippen LogP contribution in [0.4, 0.5) is 0 Å². The van der Waals surface area contributed by atoms with E-state index in [9.17, 15) is 19.5 Å². The largest absolute Gasteiger partial charge is 0.466 e. The molecule has 3 aliphatic heterocycles. The first kappa shape index (κ1) is 23.7. The van der Waals surface area contributed by atoms with Gasteiger partial charge in [-0.3, -0.25) is 14.4 Å². The molecule has 1 aromatic rings. The molecule has 3 saturated heterocycles. The average molecular weight is 459 g/mol. The van der Waals surface area contributed by atoms with E-state index >= 15 is 0 Å². The number of hydrogen-bond acceptors (Lipinski definition) is 6. The van der Waals surface area contributed by atoms with Crippen molar-refractivity contribution in [3.8, 4) is 0 Å². The number of likely N-dealkylation sites (tertiary alicyclic amines) is 1. The molecule has 5 atom stereocenters. The topological polar surface area (TPSA) is 105 Å². The van der Waals surface area contributed by atoms with E-state index < -0.39 is 35.0 Å². The maximum absolute atomic E-state index is 13.7. The van der Waals surface area contributed by atoms with Crippen molar-refractivity contribution in [1.29, 1.82) is 0 Å². The molecule has 180 valence electrons. The van der Waals surface area contributed by atoms with Crippen molar-refractivity contribution in [1.82, 2.24) is 10.2 Å². The third-order valence-corrected chi connectivity index (χ3v) is 7.59. The van der Waals surface area contributed by atoms with Gasteiger partial charge in [-0.2, -0.15) is 0 Å². The Balaban J connectivity index is 1.66. The van der Waals surface area contributed by atoms with Gasteiger partial charge in [-0.15, -0.1) is 0 Å². The summed E-state index contributed by atoms with van der Waals surface area (Å²) in [6, 6.07) is 8.78. The Kier molecular flexibility index (Phi) is 6.77. The number of benzene rings is 1. The van der Waals surface area contributed by atoms with Gasteiger partial charge in [-0.05, 0) is 44.6 Å². The molecule has 1 aromatic carbocycles. The van der Waals surface area contributed by atoms with E-state index in [0.717, 1.165) is 5.56 Å². The molecule has 2 amide bonds. The summed E-state index contributed by atoms with van der Waals surface area (Å²) < 4.78 is 12.0. The third kappa shape index (κ3) is 3.83. The van der Waals surface area contributed by atoms with Crippen LogP contribution in [-0.2, 0) is 30.4 Å². The highest BCUT2D eigenvalue weighted by Gasteiger charge is 2.78. The van der Waals surface area contributed by atoms with E-state index in [-0.39, 0.29) is 25.0 Å². The standard InChI is InChI=1S/C25H34N2O6/c1-3-24-12-13-25(33-24)18(19(24)23(31)32-4-2)22(30)27(14-8-9-15-28)20(25)21(29)26-16-17-10-6-5-7-11-17/h5-7,10-11,18-20,28H,3-4,8-9,12-16H2,1-2H3,(H,26,29)/t18-,19-,20?,24+,25?/m0/s1. The van der Waals surface area contributed by atoms with Crippen LogP contribution in [0.5, 0.6) is 0 Å². The summed E-state index contributed by atoms with van der Waals surface area (Å²) in [7, 11) is 0. The molecule has 8 heteroatoms. The molecule has 0 aliphatic carbocycles. The zero-order valence-electron chi connectivity index (χ0n) is 19.4. The van der Waals surface area contributed by atoms with Crippen molar-refractivity contribution in [2.24, 2.45) is 11.8 Å². The van der Waals surface area contributed by atoms with Gasteiger partial charge in [0.1, 0.15) is 17.6 Å². The summed E-state index contributed by atoms with van der Waals surface area (Å²) in [5, 5.41) is 12.2. The van der Waals surface area contributed by atoms with Gasteiger partial charge in [0.2, 0.25) is 11.8 Å². The minimum Gasteiger partial charge on any atom is -0.466 e. The van der Waals surface area contributed by atoms with Crippen molar-refractivity contribution in [3.63, 3.8) is 0 Å². The number of carbonyl (C=O) groups is 3. The number of ether oxygens (including phenoxy) is 2. The monoisotopic (exact) mass is 458 g/mol. The van der Waals surface area contributed by atoms with E-state index in [1.807, 2.05) is 37.3 Å². The smallest absolute Gasteiger partial charge is 0.312 e. The molecule has 2 N–H and O–H groups in total. The molecule has 2 bridgehead atoms. The first-order valence-electron chi connectivity index (χ1n) is 12.0. The summed E-state index contributed by atoms with van der Waals surface area (Å²) in [5.74, 6) is -2.35. The molecular weight excluding hydrogens is 424 g/mol. The predicted octanol–water partition coefficient (Wildman–Crippen LogP) is 1.79. The SMILES string of the molecule is CCOC(=O)[C@@H]1[C@H]2C(=O)N(CCCCO)C(C(=O)NCc3ccccc3)C23CC[C@@]1(CC)O3. The fourth-order valence-corrected chi connectivity index (χ4v) is 6.13. The summed E-state index contributed by atoms with van der Waals surface area (Å²) in [6.45, 7) is 4.62. The Labute approximate surface area is 194 Å². The molecule has 3 heterocycles. The van der Waals surface area contributed by atoms with Gasteiger partial charge in [-0.1, -0.05) is 37.3 Å². The zero-order valence-corrected chi connectivity index (χ0v) is 19.4. The van der Waals surface area contributed by atoms with Crippen LogP contribution in [-0.4, -0.2) is 64.8 Å². The summed E-state index contributed by atoms with van der Waals surface area (Å²) in [5.41, 5.74) is -0.853. The number of esters is 1. The number of aliphatic hydroxyl groups is 1. The Morgan fingerprint density at radius 3 is 2.64 bits per heavy atom. The Morgan fingerprint density at radius 1 is 1.21 bits per heavy atom. The Hall–Kier alpha value is -2.45. The molecule has 3 fully saturated rings. The van der Waals surface area contributed by atoms with E-state index in [1.165, 1.54) is 0 Å². The van der Waals surface area contributed by atoms with Crippen molar-refractivity contribution in [2.75, 3.05) is 19.8 Å². The van der Waals surface area contributed by atoms with Gasteiger partial charge >= 0.3 is 5.97 Å². The minimum atomic E-state index is -1.04. The number of nitrogens with one attached hydrogen (secondary N) is 1. The third-order valence-electron chi connectivity index (χ3n) is 7.59. The Bertz CT molecular complexity index is 892.